The number of carbonyl (C=O) groups is 3. The van der Waals surface area contributed by atoms with Crippen LogP contribution in [0.15, 0.2) is 22.8 Å². The minimum Gasteiger partial charge on any atom is -0.449 e. The molecule has 1 saturated carbocycles. The van der Waals surface area contributed by atoms with Crippen molar-refractivity contribution in [2.75, 3.05) is 19.7 Å². The van der Waals surface area contributed by atoms with E-state index < -0.39 is 5.92 Å². The van der Waals surface area contributed by atoms with E-state index in [4.69, 9.17) is 4.74 Å². The molecule has 5 heteroatoms. The van der Waals surface area contributed by atoms with Crippen molar-refractivity contribution in [1.82, 2.24) is 4.90 Å². The lowest BCUT2D eigenvalue weighted by molar-refractivity contribution is -0.140. The Hall–Kier alpha value is -1.91. The third-order valence-electron chi connectivity index (χ3n) is 6.75. The molecular weight excluding hydrogens is 366 g/mol. The first-order chi connectivity index (χ1) is 13.6. The fraction of sp³-hybridized carbons (Fsp3) is 0.708. The summed E-state index contributed by atoms with van der Waals surface area (Å²) in [6, 6.07) is 0. The summed E-state index contributed by atoms with van der Waals surface area (Å²) in [5.41, 5.74) is 3.15. The zero-order chi connectivity index (χ0) is 21.3. The van der Waals surface area contributed by atoms with Crippen molar-refractivity contribution in [3.63, 3.8) is 0 Å². The zero-order valence-corrected chi connectivity index (χ0v) is 18.5. The molecule has 0 N–H and O–H groups in total. The van der Waals surface area contributed by atoms with Crippen LogP contribution in [0.1, 0.15) is 66.7 Å². The third kappa shape index (κ3) is 4.65. The molecule has 1 spiro atoms. The largest absolute Gasteiger partial charge is 0.449 e. The molecule has 0 aromatic carbocycles. The molecule has 3 aliphatic rings. The van der Waals surface area contributed by atoms with Crippen LogP contribution in [-0.2, 0) is 14.3 Å². The van der Waals surface area contributed by atoms with E-state index in [1.807, 2.05) is 20.8 Å². The first-order valence-electron chi connectivity index (χ1n) is 11.0. The molecule has 5 nitrogen and oxygen atoms in total. The minimum absolute atomic E-state index is 0.0752. The number of ether oxygens (including phenoxy) is 1. The van der Waals surface area contributed by atoms with Crippen molar-refractivity contribution < 1.29 is 19.1 Å². The van der Waals surface area contributed by atoms with E-state index in [1.54, 1.807) is 4.90 Å². The average Bonchev–Trinajstić information content (AvgIpc) is 2.61. The molecule has 160 valence electrons. The Labute approximate surface area is 174 Å². The molecule has 0 bridgehead atoms. The standard InChI is InChI=1S/C24H35NO4/c1-15(2)14-29-23(28)25-8-6-24(7-9-25)12-19(26)22(20(27)13-24)21-17(4)10-16(3)11-18(21)5/h10,15,18,22H,6-9,11-14H2,1-5H3. The van der Waals surface area contributed by atoms with Crippen LogP contribution in [-0.4, -0.2) is 42.3 Å². The topological polar surface area (TPSA) is 63.7 Å². The number of piperidine rings is 1. The Bertz CT molecular complexity index is 733. The molecule has 0 radical (unpaired) electrons. The van der Waals surface area contributed by atoms with Crippen LogP contribution in [0.4, 0.5) is 4.79 Å². The van der Waals surface area contributed by atoms with Gasteiger partial charge in [-0.25, -0.2) is 4.79 Å². The van der Waals surface area contributed by atoms with Gasteiger partial charge in [-0.3, -0.25) is 9.59 Å². The Balaban J connectivity index is 1.67. The molecule has 0 aromatic heterocycles. The summed E-state index contributed by atoms with van der Waals surface area (Å²) in [5.74, 6) is 0.134. The molecule has 29 heavy (non-hydrogen) atoms. The molecular formula is C24H35NO4. The van der Waals surface area contributed by atoms with Crippen LogP contribution in [0.3, 0.4) is 0 Å². The van der Waals surface area contributed by atoms with Crippen LogP contribution in [0, 0.1) is 23.2 Å². The second kappa shape index (κ2) is 8.45. The van der Waals surface area contributed by atoms with Gasteiger partial charge in [-0.1, -0.05) is 38.0 Å². The second-order valence-corrected chi connectivity index (χ2v) is 9.91. The number of hydrogen-bond acceptors (Lipinski definition) is 4. The van der Waals surface area contributed by atoms with Crippen molar-refractivity contribution >= 4 is 17.7 Å². The summed E-state index contributed by atoms with van der Waals surface area (Å²) in [6.07, 6.45) is 5.05. The highest BCUT2D eigenvalue weighted by Gasteiger charge is 2.48. The number of rotatable bonds is 3. The summed E-state index contributed by atoms with van der Waals surface area (Å²) < 4.78 is 5.33. The lowest BCUT2D eigenvalue weighted by Crippen LogP contribution is -2.49. The van der Waals surface area contributed by atoms with Crippen LogP contribution in [0.25, 0.3) is 0 Å². The number of allylic oxidation sites excluding steroid dienone is 4. The quantitative estimate of drug-likeness (QED) is 0.642. The first-order valence-corrected chi connectivity index (χ1v) is 11.0. The number of hydrogen-bond donors (Lipinski definition) is 0. The summed E-state index contributed by atoms with van der Waals surface area (Å²) in [4.78, 5) is 40.3. The number of nitrogens with zero attached hydrogens (tertiary/aromatic N) is 1. The highest BCUT2D eigenvalue weighted by molar-refractivity contribution is 6.08. The average molecular weight is 402 g/mol. The number of amides is 1. The summed E-state index contributed by atoms with van der Waals surface area (Å²) in [7, 11) is 0. The van der Waals surface area contributed by atoms with E-state index in [-0.39, 0.29) is 29.0 Å². The molecule has 3 rings (SSSR count). The maximum Gasteiger partial charge on any atom is 0.409 e. The van der Waals surface area contributed by atoms with Crippen LogP contribution < -0.4 is 0 Å². The lowest BCUT2D eigenvalue weighted by Gasteiger charge is -2.45. The summed E-state index contributed by atoms with van der Waals surface area (Å²) in [6.45, 7) is 11.8. The Morgan fingerprint density at radius 1 is 1.17 bits per heavy atom. The Morgan fingerprint density at radius 2 is 1.76 bits per heavy atom. The van der Waals surface area contributed by atoms with Gasteiger partial charge in [0.05, 0.1) is 12.5 Å². The van der Waals surface area contributed by atoms with Crippen molar-refractivity contribution in [3.05, 3.63) is 22.8 Å². The molecule has 1 heterocycles. The fourth-order valence-corrected chi connectivity index (χ4v) is 5.38. The lowest BCUT2D eigenvalue weighted by atomic mass is 9.61. The number of Topliss-reactive ketones (excluding diaryl/α,β-unsaturated/α-hetero) is 2. The van der Waals surface area contributed by atoms with Gasteiger partial charge in [-0.05, 0) is 55.9 Å². The highest BCUT2D eigenvalue weighted by Crippen LogP contribution is 2.47. The minimum atomic E-state index is -0.561. The van der Waals surface area contributed by atoms with Gasteiger partial charge in [0, 0.05) is 25.9 Å². The monoisotopic (exact) mass is 401 g/mol. The van der Waals surface area contributed by atoms with Gasteiger partial charge in [-0.15, -0.1) is 0 Å². The van der Waals surface area contributed by atoms with Crippen molar-refractivity contribution in [3.8, 4) is 0 Å². The van der Waals surface area contributed by atoms with E-state index in [0.29, 0.717) is 51.3 Å². The van der Waals surface area contributed by atoms with E-state index in [2.05, 4.69) is 19.9 Å². The van der Waals surface area contributed by atoms with Crippen molar-refractivity contribution in [2.45, 2.75) is 66.7 Å². The molecule has 1 unspecified atom stereocenters. The van der Waals surface area contributed by atoms with Crippen LogP contribution >= 0.6 is 0 Å². The van der Waals surface area contributed by atoms with Gasteiger partial charge in [0.25, 0.3) is 0 Å². The number of likely N-dealkylation sites (tertiary alicyclic amines) is 1. The second-order valence-electron chi connectivity index (χ2n) is 9.91. The van der Waals surface area contributed by atoms with Gasteiger partial charge >= 0.3 is 6.09 Å². The normalized spacial score (nSPS) is 25.7. The molecule has 2 aliphatic carbocycles. The maximum atomic E-state index is 13.2. The van der Waals surface area contributed by atoms with Gasteiger partial charge in [0.15, 0.2) is 0 Å². The van der Waals surface area contributed by atoms with Crippen LogP contribution in [0.5, 0.6) is 0 Å². The van der Waals surface area contributed by atoms with Gasteiger partial charge < -0.3 is 9.64 Å². The van der Waals surface area contributed by atoms with Gasteiger partial charge in [0.2, 0.25) is 0 Å². The molecule has 1 saturated heterocycles. The van der Waals surface area contributed by atoms with Gasteiger partial charge in [0.1, 0.15) is 11.6 Å². The van der Waals surface area contributed by atoms with Crippen molar-refractivity contribution in [2.24, 2.45) is 23.2 Å². The maximum absolute atomic E-state index is 13.2. The van der Waals surface area contributed by atoms with E-state index in [0.717, 1.165) is 17.6 Å². The summed E-state index contributed by atoms with van der Waals surface area (Å²) in [5, 5.41) is 0. The first kappa shape index (κ1) is 21.8. The Morgan fingerprint density at radius 3 is 2.28 bits per heavy atom. The fourth-order valence-electron chi connectivity index (χ4n) is 5.38. The Kier molecular flexibility index (Phi) is 6.35. The molecule has 1 aliphatic heterocycles. The van der Waals surface area contributed by atoms with E-state index in [1.165, 1.54) is 5.57 Å². The van der Waals surface area contributed by atoms with Crippen molar-refractivity contribution in [1.29, 1.82) is 0 Å². The summed E-state index contributed by atoms with van der Waals surface area (Å²) >= 11 is 0. The molecule has 2 fully saturated rings. The zero-order valence-electron chi connectivity index (χ0n) is 18.5. The van der Waals surface area contributed by atoms with E-state index in [9.17, 15) is 14.4 Å². The van der Waals surface area contributed by atoms with Crippen LogP contribution in [0.2, 0.25) is 0 Å². The smallest absolute Gasteiger partial charge is 0.409 e. The van der Waals surface area contributed by atoms with E-state index >= 15 is 0 Å². The predicted molar refractivity (Wildman–Crippen MR) is 112 cm³/mol. The predicted octanol–water partition coefficient (Wildman–Crippen LogP) is 4.71. The molecule has 1 amide bonds. The third-order valence-corrected chi connectivity index (χ3v) is 6.75. The SMILES string of the molecule is CC1=CC(C)=C(C2C(=O)CC3(CCN(C(=O)OCC(C)C)CC3)CC2=O)C(C)C1. The van der Waals surface area contributed by atoms with Gasteiger partial charge in [-0.2, -0.15) is 0 Å². The number of carbonyl (C=O) groups excluding carboxylic acids is 3. The highest BCUT2D eigenvalue weighted by atomic mass is 16.6. The number of ketones is 2. The molecule has 1 atom stereocenters. The molecule has 0 aromatic rings.